The van der Waals surface area contributed by atoms with E-state index in [2.05, 4.69) is 29.2 Å². The van der Waals surface area contributed by atoms with Crippen molar-refractivity contribution < 1.29 is 5.11 Å². The van der Waals surface area contributed by atoms with Gasteiger partial charge in [-0.05, 0) is 18.7 Å². The summed E-state index contributed by atoms with van der Waals surface area (Å²) in [7, 11) is 6.68. The molecule has 0 aliphatic carbocycles. The lowest BCUT2D eigenvalue weighted by Crippen LogP contribution is -2.42. The predicted octanol–water partition coefficient (Wildman–Crippen LogP) is 1.07. The van der Waals surface area contributed by atoms with E-state index in [-0.39, 0.29) is 0 Å². The van der Waals surface area contributed by atoms with Crippen molar-refractivity contribution in [3.8, 4) is 0 Å². The van der Waals surface area contributed by atoms with Crippen molar-refractivity contribution >= 4 is 7.85 Å². The molecule has 0 saturated carbocycles. The minimum atomic E-state index is 0.411. The summed E-state index contributed by atoms with van der Waals surface area (Å²) in [6.07, 6.45) is 0. The van der Waals surface area contributed by atoms with E-state index in [0.29, 0.717) is 5.82 Å². The fourth-order valence-corrected chi connectivity index (χ4v) is 1.58. The number of likely N-dealkylation sites (tertiary alicyclic amines) is 1. The van der Waals surface area contributed by atoms with Crippen LogP contribution in [0, 0.1) is 0 Å². The summed E-state index contributed by atoms with van der Waals surface area (Å²) in [5.41, 5.74) is 1.38. The summed E-state index contributed by atoms with van der Waals surface area (Å²) in [4.78, 5) is 2.36. The summed E-state index contributed by atoms with van der Waals surface area (Å²) in [5.74, 6) is 0.411. The third-order valence-electron chi connectivity index (χ3n) is 2.23. The number of aliphatic hydroxyl groups excluding tert-OH is 1. The summed E-state index contributed by atoms with van der Waals surface area (Å²) < 4.78 is 0. The summed E-state index contributed by atoms with van der Waals surface area (Å²) in [6, 6.07) is 10.5. The molecule has 0 amide bonds. The maximum atomic E-state index is 7.00. The number of benzene rings is 1. The monoisotopic (exact) mass is 189 g/mol. The Balaban J connectivity index is 0.000000461. The molecule has 1 N–H and O–H groups in total. The van der Waals surface area contributed by atoms with E-state index in [4.69, 9.17) is 13.0 Å². The van der Waals surface area contributed by atoms with E-state index in [0.717, 1.165) is 26.7 Å². The largest absolute Gasteiger partial charge is 0.400 e. The van der Waals surface area contributed by atoms with Crippen LogP contribution in [0.5, 0.6) is 0 Å². The quantitative estimate of drug-likeness (QED) is 0.703. The van der Waals surface area contributed by atoms with Gasteiger partial charge in [-0.15, -0.1) is 0 Å². The molecule has 14 heavy (non-hydrogen) atoms. The minimum absolute atomic E-state index is 0.411. The number of hydrogen-bond acceptors (Lipinski definition) is 2. The van der Waals surface area contributed by atoms with Crippen molar-refractivity contribution in [3.63, 3.8) is 0 Å². The molecule has 1 aromatic rings. The molecule has 1 aliphatic heterocycles. The first-order chi connectivity index (χ1) is 6.84. The maximum absolute atomic E-state index is 7.00. The Bertz CT molecular complexity index is 247. The highest BCUT2D eigenvalue weighted by Gasteiger charge is 2.21. The van der Waals surface area contributed by atoms with E-state index >= 15 is 0 Å². The van der Waals surface area contributed by atoms with Crippen LogP contribution in [0.1, 0.15) is 5.56 Å². The molecule has 1 aliphatic rings. The summed E-state index contributed by atoms with van der Waals surface area (Å²) in [5, 5.41) is 7.00. The van der Waals surface area contributed by atoms with Crippen LogP contribution in [-0.4, -0.2) is 38.1 Å². The molecule has 0 unspecified atom stereocenters. The van der Waals surface area contributed by atoms with Gasteiger partial charge in [-0.1, -0.05) is 36.1 Å². The lowest BCUT2D eigenvalue weighted by atomic mass is 9.80. The number of hydrogen-bond donors (Lipinski definition) is 1. The lowest BCUT2D eigenvalue weighted by Gasteiger charge is -2.37. The average molecular weight is 189 g/mol. The van der Waals surface area contributed by atoms with Crippen LogP contribution in [0.15, 0.2) is 30.3 Å². The normalized spacial score (nSPS) is 16.7. The van der Waals surface area contributed by atoms with E-state index in [9.17, 15) is 0 Å². The third kappa shape index (κ3) is 3.16. The van der Waals surface area contributed by atoms with Crippen LogP contribution < -0.4 is 0 Å². The topological polar surface area (TPSA) is 23.5 Å². The van der Waals surface area contributed by atoms with Crippen LogP contribution in [0.4, 0.5) is 0 Å². The summed E-state index contributed by atoms with van der Waals surface area (Å²) in [6.45, 7) is 3.15. The standard InChI is InChI=1S/C10H12BN.CH4O/c11-10-7-12(8-10)6-9-4-2-1-3-5-9;1-2/h1-5,10H,6-8H2;2H,1H3. The average Bonchev–Trinajstić information content (AvgIpc) is 2.20. The van der Waals surface area contributed by atoms with Gasteiger partial charge >= 0.3 is 0 Å². The second kappa shape index (κ2) is 5.84. The van der Waals surface area contributed by atoms with Crippen molar-refractivity contribution in [1.82, 2.24) is 4.90 Å². The first-order valence-corrected chi connectivity index (χ1v) is 4.81. The molecular formula is C11H16BNO. The van der Waals surface area contributed by atoms with Gasteiger partial charge in [0.25, 0.3) is 0 Å². The molecule has 74 valence electrons. The van der Waals surface area contributed by atoms with Crippen molar-refractivity contribution in [2.75, 3.05) is 20.2 Å². The molecule has 0 bridgehead atoms. The minimum Gasteiger partial charge on any atom is -0.400 e. The third-order valence-corrected chi connectivity index (χ3v) is 2.23. The number of nitrogens with zero attached hydrogens (tertiary/aromatic N) is 1. The fraction of sp³-hybridized carbons (Fsp3) is 0.455. The number of aliphatic hydroxyl groups is 1. The molecule has 1 aromatic carbocycles. The van der Waals surface area contributed by atoms with Crippen LogP contribution in [0.25, 0.3) is 0 Å². The molecule has 1 saturated heterocycles. The summed E-state index contributed by atoms with van der Waals surface area (Å²) >= 11 is 0. The van der Waals surface area contributed by atoms with Gasteiger partial charge in [0.2, 0.25) is 0 Å². The van der Waals surface area contributed by atoms with Gasteiger partial charge < -0.3 is 5.11 Å². The molecule has 0 atom stereocenters. The Morgan fingerprint density at radius 1 is 1.29 bits per heavy atom. The van der Waals surface area contributed by atoms with E-state index in [1.807, 2.05) is 6.07 Å². The first kappa shape index (κ1) is 11.3. The zero-order valence-corrected chi connectivity index (χ0v) is 8.56. The van der Waals surface area contributed by atoms with Gasteiger partial charge in [0.15, 0.2) is 0 Å². The highest BCUT2D eigenvalue weighted by atomic mass is 16.2. The van der Waals surface area contributed by atoms with Gasteiger partial charge in [-0.2, -0.15) is 0 Å². The molecule has 0 spiro atoms. The van der Waals surface area contributed by atoms with E-state index in [1.165, 1.54) is 5.56 Å². The maximum Gasteiger partial charge on any atom is 0.0734 e. The van der Waals surface area contributed by atoms with E-state index < -0.39 is 0 Å². The predicted molar refractivity (Wildman–Crippen MR) is 59.4 cm³/mol. The second-order valence-electron chi connectivity index (χ2n) is 3.44. The molecule has 2 rings (SSSR count). The Labute approximate surface area is 87.0 Å². The van der Waals surface area contributed by atoms with Crippen LogP contribution in [-0.2, 0) is 6.54 Å². The molecule has 2 radical (unpaired) electrons. The molecular weight excluding hydrogens is 173 g/mol. The second-order valence-corrected chi connectivity index (χ2v) is 3.44. The Morgan fingerprint density at radius 3 is 2.36 bits per heavy atom. The molecule has 1 fully saturated rings. The zero-order valence-electron chi connectivity index (χ0n) is 8.56. The van der Waals surface area contributed by atoms with Crippen molar-refractivity contribution in [2.45, 2.75) is 12.4 Å². The van der Waals surface area contributed by atoms with Gasteiger partial charge in [-0.25, -0.2) is 0 Å². The lowest BCUT2D eigenvalue weighted by molar-refractivity contribution is 0.174. The highest BCUT2D eigenvalue weighted by Crippen LogP contribution is 2.19. The van der Waals surface area contributed by atoms with Gasteiger partial charge in [0, 0.05) is 13.7 Å². The first-order valence-electron chi connectivity index (χ1n) is 4.81. The van der Waals surface area contributed by atoms with Crippen LogP contribution in [0.3, 0.4) is 0 Å². The van der Waals surface area contributed by atoms with Crippen molar-refractivity contribution in [2.24, 2.45) is 0 Å². The van der Waals surface area contributed by atoms with E-state index in [1.54, 1.807) is 0 Å². The van der Waals surface area contributed by atoms with Crippen LogP contribution in [0.2, 0.25) is 5.82 Å². The van der Waals surface area contributed by atoms with Crippen molar-refractivity contribution in [1.29, 1.82) is 0 Å². The number of rotatable bonds is 2. The fourth-order valence-electron chi connectivity index (χ4n) is 1.58. The highest BCUT2D eigenvalue weighted by molar-refractivity contribution is 6.12. The van der Waals surface area contributed by atoms with Gasteiger partial charge in [0.05, 0.1) is 7.85 Å². The molecule has 2 nitrogen and oxygen atoms in total. The van der Waals surface area contributed by atoms with Crippen molar-refractivity contribution in [3.05, 3.63) is 35.9 Å². The molecule has 3 heteroatoms. The Hall–Kier alpha value is -0.795. The van der Waals surface area contributed by atoms with Gasteiger partial charge in [-0.3, -0.25) is 4.90 Å². The SMILES string of the molecule is CO.[B]C1CN(Cc2ccccc2)C1. The van der Waals surface area contributed by atoms with Crippen LogP contribution >= 0.6 is 0 Å². The molecule has 1 heterocycles. The molecule has 0 aromatic heterocycles. The Kier molecular flexibility index (Phi) is 4.70. The van der Waals surface area contributed by atoms with Gasteiger partial charge in [0.1, 0.15) is 0 Å². The Morgan fingerprint density at radius 2 is 1.86 bits per heavy atom. The smallest absolute Gasteiger partial charge is 0.0734 e. The zero-order chi connectivity index (χ0) is 10.4.